The molecule has 0 saturated carbocycles. The van der Waals surface area contributed by atoms with E-state index < -0.39 is 0 Å². The van der Waals surface area contributed by atoms with E-state index in [4.69, 9.17) is 16.3 Å². The van der Waals surface area contributed by atoms with Crippen LogP contribution in [0.2, 0.25) is 5.02 Å². The SMILES string of the molecule is COc1ccc(Cl)cc1C(=O)N(CCN(C)C)c1nc2ccc(Br)cc2s1. The molecule has 0 atom stereocenters. The van der Waals surface area contributed by atoms with E-state index in [1.54, 1.807) is 30.2 Å². The van der Waals surface area contributed by atoms with Crippen molar-refractivity contribution < 1.29 is 9.53 Å². The number of amides is 1. The second-order valence-electron chi connectivity index (χ2n) is 6.21. The molecule has 142 valence electrons. The van der Waals surface area contributed by atoms with Crippen LogP contribution in [0, 0.1) is 0 Å². The van der Waals surface area contributed by atoms with Gasteiger partial charge in [0.2, 0.25) is 0 Å². The van der Waals surface area contributed by atoms with Gasteiger partial charge in [-0.25, -0.2) is 4.98 Å². The minimum absolute atomic E-state index is 0.186. The number of fused-ring (bicyclic) bond motifs is 1. The molecule has 1 heterocycles. The summed E-state index contributed by atoms with van der Waals surface area (Å²) < 4.78 is 7.36. The van der Waals surface area contributed by atoms with Gasteiger partial charge in [-0.15, -0.1) is 0 Å². The van der Waals surface area contributed by atoms with Crippen molar-refractivity contribution in [3.05, 3.63) is 51.5 Å². The van der Waals surface area contributed by atoms with E-state index >= 15 is 0 Å². The number of rotatable bonds is 6. The second-order valence-corrected chi connectivity index (χ2v) is 8.57. The third-order valence-corrected chi connectivity index (χ3v) is 5.75. The lowest BCUT2D eigenvalue weighted by molar-refractivity contribution is 0.0982. The fourth-order valence-electron chi connectivity index (χ4n) is 2.58. The number of halogens is 2. The lowest BCUT2D eigenvalue weighted by Crippen LogP contribution is -2.37. The Morgan fingerprint density at radius 2 is 2.00 bits per heavy atom. The number of methoxy groups -OCH3 is 1. The molecule has 0 aliphatic rings. The molecule has 2 aromatic carbocycles. The Labute approximate surface area is 175 Å². The van der Waals surface area contributed by atoms with Crippen LogP contribution in [0.25, 0.3) is 10.2 Å². The van der Waals surface area contributed by atoms with Gasteiger partial charge in [-0.3, -0.25) is 9.69 Å². The fraction of sp³-hybridized carbons (Fsp3) is 0.263. The summed E-state index contributed by atoms with van der Waals surface area (Å²) in [6.45, 7) is 1.21. The zero-order chi connectivity index (χ0) is 19.6. The van der Waals surface area contributed by atoms with Gasteiger partial charge in [-0.05, 0) is 50.5 Å². The summed E-state index contributed by atoms with van der Waals surface area (Å²) in [4.78, 5) is 21.7. The third-order valence-electron chi connectivity index (χ3n) is 3.98. The maximum Gasteiger partial charge on any atom is 0.263 e. The molecule has 3 rings (SSSR count). The van der Waals surface area contributed by atoms with Gasteiger partial charge in [0.25, 0.3) is 5.91 Å². The van der Waals surface area contributed by atoms with Crippen LogP contribution in [0.1, 0.15) is 10.4 Å². The summed E-state index contributed by atoms with van der Waals surface area (Å²) in [5, 5.41) is 1.14. The number of hydrogen-bond donors (Lipinski definition) is 0. The molecule has 0 saturated heterocycles. The van der Waals surface area contributed by atoms with E-state index in [2.05, 4.69) is 20.9 Å². The molecule has 0 spiro atoms. The predicted octanol–water partition coefficient (Wildman–Crippen LogP) is 4.93. The van der Waals surface area contributed by atoms with Crippen LogP contribution in [0.5, 0.6) is 5.75 Å². The smallest absolute Gasteiger partial charge is 0.263 e. The van der Waals surface area contributed by atoms with Crippen molar-refractivity contribution >= 4 is 60.1 Å². The number of thiazole rings is 1. The van der Waals surface area contributed by atoms with E-state index in [1.165, 1.54) is 11.3 Å². The Morgan fingerprint density at radius 3 is 2.70 bits per heavy atom. The van der Waals surface area contributed by atoms with Gasteiger partial charge >= 0.3 is 0 Å². The highest BCUT2D eigenvalue weighted by molar-refractivity contribution is 9.10. The van der Waals surface area contributed by atoms with Crippen LogP contribution < -0.4 is 9.64 Å². The quantitative estimate of drug-likeness (QED) is 0.515. The molecular formula is C19H19BrClN3O2S. The zero-order valence-corrected chi connectivity index (χ0v) is 18.4. The number of ether oxygens (including phenoxy) is 1. The number of anilines is 1. The Kier molecular flexibility index (Phi) is 6.37. The van der Waals surface area contributed by atoms with Crippen molar-refractivity contribution in [2.45, 2.75) is 0 Å². The lowest BCUT2D eigenvalue weighted by atomic mass is 10.1. The average Bonchev–Trinajstić information content (AvgIpc) is 3.04. The summed E-state index contributed by atoms with van der Waals surface area (Å²) in [5.41, 5.74) is 1.28. The summed E-state index contributed by atoms with van der Waals surface area (Å²) in [6.07, 6.45) is 0. The first kappa shape index (κ1) is 20.1. The maximum atomic E-state index is 13.4. The first-order valence-electron chi connectivity index (χ1n) is 8.25. The molecule has 5 nitrogen and oxygen atoms in total. The van der Waals surface area contributed by atoms with Crippen molar-refractivity contribution in [2.75, 3.05) is 39.2 Å². The van der Waals surface area contributed by atoms with Crippen molar-refractivity contribution in [3.63, 3.8) is 0 Å². The molecule has 8 heteroatoms. The molecule has 27 heavy (non-hydrogen) atoms. The predicted molar refractivity (Wildman–Crippen MR) is 116 cm³/mol. The number of carbonyl (C=O) groups excluding carboxylic acids is 1. The molecule has 1 amide bonds. The molecule has 0 fully saturated rings. The normalized spacial score (nSPS) is 11.2. The van der Waals surface area contributed by atoms with Crippen LogP contribution in [0.4, 0.5) is 5.13 Å². The molecule has 0 unspecified atom stereocenters. The van der Waals surface area contributed by atoms with Crippen molar-refractivity contribution in [3.8, 4) is 5.75 Å². The minimum atomic E-state index is -0.186. The van der Waals surface area contributed by atoms with E-state index in [1.807, 2.05) is 37.2 Å². The van der Waals surface area contributed by atoms with Crippen LogP contribution in [-0.4, -0.2) is 50.1 Å². The van der Waals surface area contributed by atoms with Gasteiger partial charge in [-0.2, -0.15) is 0 Å². The van der Waals surface area contributed by atoms with Gasteiger partial charge in [0.05, 0.1) is 22.9 Å². The summed E-state index contributed by atoms with van der Waals surface area (Å²) in [7, 11) is 5.48. The lowest BCUT2D eigenvalue weighted by Gasteiger charge is -2.23. The molecule has 1 aromatic heterocycles. The molecule has 0 aliphatic carbocycles. The van der Waals surface area contributed by atoms with Gasteiger partial charge < -0.3 is 9.64 Å². The maximum absolute atomic E-state index is 13.4. The monoisotopic (exact) mass is 467 g/mol. The van der Waals surface area contributed by atoms with E-state index in [-0.39, 0.29) is 5.91 Å². The van der Waals surface area contributed by atoms with Crippen molar-refractivity contribution in [1.82, 2.24) is 9.88 Å². The number of benzene rings is 2. The van der Waals surface area contributed by atoms with Gasteiger partial charge in [0.1, 0.15) is 5.75 Å². The van der Waals surface area contributed by atoms with Crippen LogP contribution in [0.15, 0.2) is 40.9 Å². The molecular weight excluding hydrogens is 450 g/mol. The van der Waals surface area contributed by atoms with Gasteiger partial charge in [-0.1, -0.05) is 38.9 Å². The highest BCUT2D eigenvalue weighted by Gasteiger charge is 2.24. The standard InChI is InChI=1S/C19H19BrClN3O2S/c1-23(2)8-9-24(18(25)14-11-13(21)5-7-16(14)26-3)19-22-15-6-4-12(20)10-17(15)27-19/h4-7,10-11H,8-9H2,1-3H3. The Balaban J connectivity index is 2.04. The van der Waals surface area contributed by atoms with Crippen molar-refractivity contribution in [2.24, 2.45) is 0 Å². The largest absolute Gasteiger partial charge is 0.496 e. The van der Waals surface area contributed by atoms with Gasteiger partial charge in [0, 0.05) is 22.6 Å². The van der Waals surface area contributed by atoms with E-state index in [0.717, 1.165) is 14.7 Å². The van der Waals surface area contributed by atoms with E-state index in [0.29, 0.717) is 34.6 Å². The number of hydrogen-bond acceptors (Lipinski definition) is 5. The first-order chi connectivity index (χ1) is 12.9. The van der Waals surface area contributed by atoms with Crippen LogP contribution >= 0.6 is 38.9 Å². The van der Waals surface area contributed by atoms with E-state index in [9.17, 15) is 4.79 Å². The number of carbonyl (C=O) groups is 1. The minimum Gasteiger partial charge on any atom is -0.496 e. The van der Waals surface area contributed by atoms with Crippen LogP contribution in [-0.2, 0) is 0 Å². The molecule has 0 bridgehead atoms. The number of aromatic nitrogens is 1. The molecule has 0 N–H and O–H groups in total. The molecule has 0 aliphatic heterocycles. The number of likely N-dealkylation sites (N-methyl/N-ethyl adjacent to an activating group) is 1. The average molecular weight is 469 g/mol. The molecule has 0 radical (unpaired) electrons. The summed E-state index contributed by atoms with van der Waals surface area (Å²) in [5.74, 6) is 0.303. The highest BCUT2D eigenvalue weighted by Crippen LogP contribution is 2.33. The topological polar surface area (TPSA) is 45.7 Å². The van der Waals surface area contributed by atoms with Crippen LogP contribution in [0.3, 0.4) is 0 Å². The Hall–Kier alpha value is -1.67. The third kappa shape index (κ3) is 4.60. The number of nitrogens with zero attached hydrogens (tertiary/aromatic N) is 3. The fourth-order valence-corrected chi connectivity index (χ4v) is 4.29. The van der Waals surface area contributed by atoms with Gasteiger partial charge in [0.15, 0.2) is 5.13 Å². The highest BCUT2D eigenvalue weighted by atomic mass is 79.9. The summed E-state index contributed by atoms with van der Waals surface area (Å²) in [6, 6.07) is 10.9. The second kappa shape index (κ2) is 8.56. The zero-order valence-electron chi connectivity index (χ0n) is 15.2. The Bertz CT molecular complexity index is 977. The molecule has 3 aromatic rings. The Morgan fingerprint density at radius 1 is 1.22 bits per heavy atom. The first-order valence-corrected chi connectivity index (χ1v) is 10.2. The van der Waals surface area contributed by atoms with Crippen molar-refractivity contribution in [1.29, 1.82) is 0 Å². The summed E-state index contributed by atoms with van der Waals surface area (Å²) >= 11 is 11.1.